The van der Waals surface area contributed by atoms with Crippen molar-refractivity contribution >= 4 is 17.4 Å². The van der Waals surface area contributed by atoms with Gasteiger partial charge in [-0.05, 0) is 65.4 Å². The van der Waals surface area contributed by atoms with Gasteiger partial charge in [0.1, 0.15) is 5.75 Å². The second-order valence-corrected chi connectivity index (χ2v) is 7.70. The van der Waals surface area contributed by atoms with Gasteiger partial charge in [0.2, 0.25) is 0 Å². The van der Waals surface area contributed by atoms with Gasteiger partial charge in [-0.1, -0.05) is 84.9 Å². The van der Waals surface area contributed by atoms with E-state index in [1.165, 1.54) is 0 Å². The van der Waals surface area contributed by atoms with Gasteiger partial charge in [0.25, 0.3) is 0 Å². The molecule has 0 aliphatic rings. The molecule has 0 spiro atoms. The minimum absolute atomic E-state index is 0.0307. The fourth-order valence-corrected chi connectivity index (χ4v) is 3.91. The average molecular weight is 405 g/mol. The van der Waals surface area contributed by atoms with Crippen LogP contribution in [0.1, 0.15) is 43.7 Å². The van der Waals surface area contributed by atoms with Crippen LogP contribution in [0, 0.1) is 13.8 Å². The fourth-order valence-electron chi connectivity index (χ4n) is 3.91. The van der Waals surface area contributed by atoms with Crippen LogP contribution >= 0.6 is 0 Å². The van der Waals surface area contributed by atoms with Gasteiger partial charge >= 0.3 is 0 Å². The summed E-state index contributed by atoms with van der Waals surface area (Å²) in [5.74, 6) is 0.151. The van der Waals surface area contributed by atoms with E-state index in [0.717, 1.165) is 33.4 Å². The summed E-state index contributed by atoms with van der Waals surface area (Å²) >= 11 is 0. The Morgan fingerprint density at radius 2 is 1.16 bits per heavy atom. The van der Waals surface area contributed by atoms with Gasteiger partial charge < -0.3 is 5.11 Å². The van der Waals surface area contributed by atoms with Crippen molar-refractivity contribution in [2.24, 2.45) is 0 Å². The number of carbonyl (C=O) groups excluding carboxylic acids is 1. The summed E-state index contributed by atoms with van der Waals surface area (Å²) in [5.41, 5.74) is 7.28. The molecule has 4 aromatic carbocycles. The number of hydrogen-bond acceptors (Lipinski definition) is 2. The number of aromatic hydroxyl groups is 1. The lowest BCUT2D eigenvalue weighted by Gasteiger charge is -2.11. The van der Waals surface area contributed by atoms with E-state index < -0.39 is 0 Å². The van der Waals surface area contributed by atoms with Gasteiger partial charge in [0.15, 0.2) is 5.78 Å². The van der Waals surface area contributed by atoms with Crippen LogP contribution in [0.15, 0.2) is 97.1 Å². The summed E-state index contributed by atoms with van der Waals surface area (Å²) in [6.45, 7) is 3.70. The van der Waals surface area contributed by atoms with Gasteiger partial charge in [-0.25, -0.2) is 0 Å². The fraction of sp³-hybridized carbons (Fsp3) is 0.0690. The Kier molecular flexibility index (Phi) is 5.81. The number of benzene rings is 4. The van der Waals surface area contributed by atoms with E-state index in [1.54, 1.807) is 12.1 Å². The van der Waals surface area contributed by atoms with E-state index in [4.69, 9.17) is 0 Å². The zero-order valence-electron chi connectivity index (χ0n) is 17.7. The predicted molar refractivity (Wildman–Crippen MR) is 127 cm³/mol. The Bertz CT molecular complexity index is 1170. The zero-order chi connectivity index (χ0) is 21.8. The van der Waals surface area contributed by atoms with Crippen molar-refractivity contribution in [2.75, 3.05) is 0 Å². The molecular weight excluding hydrogens is 380 g/mol. The van der Waals surface area contributed by atoms with Crippen molar-refractivity contribution in [3.05, 3.63) is 136 Å². The third-order valence-corrected chi connectivity index (χ3v) is 5.40. The Morgan fingerprint density at radius 3 is 1.65 bits per heavy atom. The maximum absolute atomic E-state index is 13.1. The summed E-state index contributed by atoms with van der Waals surface area (Å²) in [4.78, 5) is 13.1. The van der Waals surface area contributed by atoms with Crippen LogP contribution in [0.5, 0.6) is 5.75 Å². The molecular formula is C29H24O2. The first-order valence-electron chi connectivity index (χ1n) is 10.3. The lowest BCUT2D eigenvalue weighted by atomic mass is 9.93. The Labute approximate surface area is 183 Å². The molecule has 2 heteroatoms. The molecule has 0 aliphatic heterocycles. The van der Waals surface area contributed by atoms with E-state index in [9.17, 15) is 9.90 Å². The van der Waals surface area contributed by atoms with Crippen molar-refractivity contribution in [1.82, 2.24) is 0 Å². The second-order valence-electron chi connectivity index (χ2n) is 7.70. The average Bonchev–Trinajstić information content (AvgIpc) is 2.78. The molecule has 0 radical (unpaired) electrons. The minimum Gasteiger partial charge on any atom is -0.508 e. The SMILES string of the molecule is Cc1cc(O)cc(C)c1C(=O)c1ccc(C=C(c2ccccc2)c2ccccc2)cc1. The normalized spacial score (nSPS) is 10.5. The summed E-state index contributed by atoms with van der Waals surface area (Å²) in [6, 6.07) is 31.5. The number of hydrogen-bond donors (Lipinski definition) is 1. The van der Waals surface area contributed by atoms with Crippen molar-refractivity contribution in [3.63, 3.8) is 0 Å². The summed E-state index contributed by atoms with van der Waals surface area (Å²) < 4.78 is 0. The molecule has 1 N–H and O–H groups in total. The number of ketones is 1. The molecule has 31 heavy (non-hydrogen) atoms. The summed E-state index contributed by atoms with van der Waals surface area (Å²) in [7, 11) is 0. The molecule has 2 nitrogen and oxygen atoms in total. The molecule has 0 atom stereocenters. The van der Waals surface area contributed by atoms with Crippen LogP contribution in [0.4, 0.5) is 0 Å². The highest BCUT2D eigenvalue weighted by Crippen LogP contribution is 2.27. The number of rotatable bonds is 5. The quantitative estimate of drug-likeness (QED) is 0.292. The molecule has 0 bridgehead atoms. The molecule has 0 saturated carbocycles. The monoisotopic (exact) mass is 404 g/mol. The van der Waals surface area contributed by atoms with Crippen LogP contribution < -0.4 is 0 Å². The Morgan fingerprint density at radius 1 is 0.677 bits per heavy atom. The Balaban J connectivity index is 1.70. The molecule has 0 unspecified atom stereocenters. The largest absolute Gasteiger partial charge is 0.508 e. The van der Waals surface area contributed by atoms with E-state index in [2.05, 4.69) is 30.3 Å². The van der Waals surface area contributed by atoms with Gasteiger partial charge in [-0.2, -0.15) is 0 Å². The molecule has 4 rings (SSSR count). The molecule has 0 aliphatic carbocycles. The highest BCUT2D eigenvalue weighted by molar-refractivity contribution is 6.11. The van der Waals surface area contributed by atoms with Crippen LogP contribution in [-0.2, 0) is 0 Å². The standard InChI is InChI=1S/C29H24O2/c1-20-17-26(30)18-21(2)28(20)29(31)25-15-13-22(14-16-25)19-27(23-9-5-3-6-10-23)24-11-7-4-8-12-24/h3-19,30H,1-2H3. The van der Waals surface area contributed by atoms with E-state index in [1.807, 2.05) is 74.5 Å². The van der Waals surface area contributed by atoms with E-state index >= 15 is 0 Å². The maximum atomic E-state index is 13.1. The third kappa shape index (κ3) is 4.49. The van der Waals surface area contributed by atoms with E-state index in [0.29, 0.717) is 11.1 Å². The lowest BCUT2D eigenvalue weighted by Crippen LogP contribution is -2.06. The van der Waals surface area contributed by atoms with Gasteiger partial charge in [0.05, 0.1) is 0 Å². The molecule has 4 aromatic rings. The van der Waals surface area contributed by atoms with Crippen molar-refractivity contribution in [1.29, 1.82) is 0 Å². The van der Waals surface area contributed by atoms with Gasteiger partial charge in [-0.3, -0.25) is 4.79 Å². The predicted octanol–water partition coefficient (Wildman–Crippen LogP) is 6.83. The highest BCUT2D eigenvalue weighted by Gasteiger charge is 2.15. The first-order chi connectivity index (χ1) is 15.0. The molecule has 0 heterocycles. The number of phenols is 1. The number of phenolic OH excluding ortho intramolecular Hbond substituents is 1. The van der Waals surface area contributed by atoms with E-state index in [-0.39, 0.29) is 11.5 Å². The Hall–Kier alpha value is -3.91. The highest BCUT2D eigenvalue weighted by atomic mass is 16.3. The van der Waals surface area contributed by atoms with Crippen LogP contribution in [0.25, 0.3) is 11.6 Å². The summed E-state index contributed by atoms with van der Waals surface area (Å²) in [5, 5.41) is 9.76. The maximum Gasteiger partial charge on any atom is 0.193 e. The second kappa shape index (κ2) is 8.85. The topological polar surface area (TPSA) is 37.3 Å². The first-order valence-corrected chi connectivity index (χ1v) is 10.3. The molecule has 0 amide bonds. The zero-order valence-corrected chi connectivity index (χ0v) is 17.7. The minimum atomic E-state index is -0.0307. The van der Waals surface area contributed by atoms with Crippen molar-refractivity contribution in [3.8, 4) is 5.75 Å². The van der Waals surface area contributed by atoms with Gasteiger partial charge in [-0.15, -0.1) is 0 Å². The number of carbonyl (C=O) groups is 1. The summed E-state index contributed by atoms with van der Waals surface area (Å²) in [6.07, 6.45) is 2.15. The third-order valence-electron chi connectivity index (χ3n) is 5.40. The molecule has 0 fully saturated rings. The first kappa shape index (κ1) is 20.4. The van der Waals surface area contributed by atoms with Crippen molar-refractivity contribution in [2.45, 2.75) is 13.8 Å². The molecule has 152 valence electrons. The van der Waals surface area contributed by atoms with Crippen LogP contribution in [0.2, 0.25) is 0 Å². The van der Waals surface area contributed by atoms with Crippen molar-refractivity contribution < 1.29 is 9.90 Å². The number of aryl methyl sites for hydroxylation is 2. The van der Waals surface area contributed by atoms with Crippen LogP contribution in [0.3, 0.4) is 0 Å². The molecule has 0 saturated heterocycles. The lowest BCUT2D eigenvalue weighted by molar-refractivity contribution is 0.103. The smallest absolute Gasteiger partial charge is 0.193 e. The van der Waals surface area contributed by atoms with Crippen LogP contribution in [-0.4, -0.2) is 10.9 Å². The molecule has 0 aromatic heterocycles. The van der Waals surface area contributed by atoms with Gasteiger partial charge in [0, 0.05) is 11.1 Å².